The van der Waals surface area contributed by atoms with E-state index >= 15 is 0 Å². The number of nitrogens with one attached hydrogen (secondary N) is 3. The Hall–Kier alpha value is -4.04. The molecular weight excluding hydrogens is 658 g/mol. The Bertz CT molecular complexity index is 1830. The van der Waals surface area contributed by atoms with Crippen LogP contribution in [0.5, 0.6) is 5.19 Å². The number of nitrogens with zero attached hydrogens (tertiary/aromatic N) is 2. The van der Waals surface area contributed by atoms with Crippen molar-refractivity contribution in [2.24, 2.45) is 5.92 Å². The molecule has 1 aromatic heterocycles. The molecule has 4 aliphatic rings. The molecule has 2 aliphatic carbocycles. The molecule has 254 valence electrons. The molecule has 0 unspecified atom stereocenters. The first kappa shape index (κ1) is 32.5. The van der Waals surface area contributed by atoms with Gasteiger partial charge in [-0.15, -0.1) is 0 Å². The number of carbonyl (C=O) groups is 3. The van der Waals surface area contributed by atoms with Gasteiger partial charge in [-0.3, -0.25) is 19.1 Å². The van der Waals surface area contributed by atoms with Crippen molar-refractivity contribution in [1.29, 1.82) is 0 Å². The number of fused-ring (bicyclic) bond motifs is 3. The van der Waals surface area contributed by atoms with E-state index in [9.17, 15) is 27.2 Å². The minimum Gasteiger partial charge on any atom is -0.465 e. The van der Waals surface area contributed by atoms with Crippen molar-refractivity contribution in [3.05, 3.63) is 66.5 Å². The minimum atomic E-state index is -3.85. The molecule has 1 saturated heterocycles. The summed E-state index contributed by atoms with van der Waals surface area (Å²) in [6.07, 6.45) is 8.24. The lowest BCUT2D eigenvalue weighted by Gasteiger charge is -2.30. The topological polar surface area (TPSA) is 147 Å². The van der Waals surface area contributed by atoms with Crippen molar-refractivity contribution in [1.82, 2.24) is 19.9 Å². The maximum Gasteiger partial charge on any atom is 0.274 e. The zero-order valence-electron chi connectivity index (χ0n) is 26.3. The van der Waals surface area contributed by atoms with Gasteiger partial charge < -0.3 is 20.3 Å². The normalized spacial score (nSPS) is 28.1. The molecule has 2 aliphatic heterocycles. The van der Waals surface area contributed by atoms with Crippen LogP contribution in [0.25, 0.3) is 10.2 Å². The maximum absolute atomic E-state index is 14.4. The second-order valence-electron chi connectivity index (χ2n) is 13.1. The highest BCUT2D eigenvalue weighted by Crippen LogP contribution is 2.46. The molecule has 2 aromatic carbocycles. The van der Waals surface area contributed by atoms with E-state index in [1.165, 1.54) is 28.4 Å². The Morgan fingerprint density at radius 1 is 1.08 bits per heavy atom. The summed E-state index contributed by atoms with van der Waals surface area (Å²) in [6.45, 7) is 0.0900. The standard InChI is InChI=1S/C34H38FN5O6S2/c35-22-10-8-11-23(17-22)36-27-13-5-3-1-2-4-9-21-19-34(21,32(43)39-48(44,45)25-15-16-25)38-30(41)28-18-24(20-40(28)31(27)42)46-33-37-26-12-6-7-14-29(26)47-33/h4,6-12,14,17,21,24-25,27-28,36H,1-3,5,13,15-16,18-20H2,(H,38,41)(H,39,43)/t21-,24-,27+,28+,34-/m1/s1. The lowest BCUT2D eigenvalue weighted by atomic mass is 10.0. The summed E-state index contributed by atoms with van der Waals surface area (Å²) >= 11 is 1.37. The van der Waals surface area contributed by atoms with Gasteiger partial charge in [-0.1, -0.05) is 54.5 Å². The molecule has 3 heterocycles. The second kappa shape index (κ2) is 13.1. The number of rotatable bonds is 7. The summed E-state index contributed by atoms with van der Waals surface area (Å²) in [5.41, 5.74) is -0.222. The van der Waals surface area contributed by atoms with Gasteiger partial charge in [0.1, 0.15) is 29.5 Å². The predicted molar refractivity (Wildman–Crippen MR) is 179 cm³/mol. The highest BCUT2D eigenvalue weighted by Gasteiger charge is 2.62. The predicted octanol–water partition coefficient (Wildman–Crippen LogP) is 4.27. The number of halogens is 1. The van der Waals surface area contributed by atoms with Crippen LogP contribution < -0.4 is 20.1 Å². The lowest BCUT2D eigenvalue weighted by molar-refractivity contribution is -0.140. The van der Waals surface area contributed by atoms with Gasteiger partial charge in [0, 0.05) is 18.0 Å². The van der Waals surface area contributed by atoms with E-state index in [1.54, 1.807) is 12.1 Å². The number of hydrogen-bond acceptors (Lipinski definition) is 9. The van der Waals surface area contributed by atoms with Gasteiger partial charge in [0.05, 0.1) is 22.0 Å². The molecule has 11 nitrogen and oxygen atoms in total. The molecule has 5 atom stereocenters. The van der Waals surface area contributed by atoms with Gasteiger partial charge in [-0.2, -0.15) is 0 Å². The van der Waals surface area contributed by atoms with Gasteiger partial charge in [0.25, 0.3) is 11.1 Å². The number of thiazole rings is 1. The number of benzene rings is 2. The first-order chi connectivity index (χ1) is 23.1. The molecule has 7 rings (SSSR count). The molecule has 3 aromatic rings. The van der Waals surface area contributed by atoms with Crippen LogP contribution in [0.4, 0.5) is 10.1 Å². The average Bonchev–Trinajstić information content (AvgIpc) is 3.94. The van der Waals surface area contributed by atoms with E-state index in [-0.39, 0.29) is 31.2 Å². The largest absolute Gasteiger partial charge is 0.465 e. The molecule has 48 heavy (non-hydrogen) atoms. The van der Waals surface area contributed by atoms with E-state index in [0.717, 1.165) is 35.9 Å². The van der Waals surface area contributed by atoms with E-state index in [2.05, 4.69) is 20.3 Å². The van der Waals surface area contributed by atoms with Crippen LogP contribution in [0.2, 0.25) is 0 Å². The van der Waals surface area contributed by atoms with Gasteiger partial charge in [-0.05, 0) is 68.9 Å². The van der Waals surface area contributed by atoms with Crippen LogP contribution >= 0.6 is 11.3 Å². The minimum absolute atomic E-state index is 0.0900. The number of para-hydroxylation sites is 1. The van der Waals surface area contributed by atoms with Gasteiger partial charge in [0.15, 0.2) is 0 Å². The molecule has 3 N–H and O–H groups in total. The van der Waals surface area contributed by atoms with Gasteiger partial charge in [-0.25, -0.2) is 17.8 Å². The zero-order chi connectivity index (χ0) is 33.5. The summed E-state index contributed by atoms with van der Waals surface area (Å²) in [6, 6.07) is 11.8. The van der Waals surface area contributed by atoms with Crippen LogP contribution in [0.1, 0.15) is 57.8 Å². The quantitative estimate of drug-likeness (QED) is 0.311. The third-order valence-corrected chi connectivity index (χ3v) is 12.3. The maximum atomic E-state index is 14.4. The third-order valence-electron chi connectivity index (χ3n) is 9.55. The highest BCUT2D eigenvalue weighted by molar-refractivity contribution is 7.91. The Labute approximate surface area is 282 Å². The Morgan fingerprint density at radius 2 is 1.92 bits per heavy atom. The van der Waals surface area contributed by atoms with E-state index < -0.39 is 56.6 Å². The first-order valence-electron chi connectivity index (χ1n) is 16.5. The molecule has 0 spiro atoms. The Kier molecular flexibility index (Phi) is 8.88. The molecule has 14 heteroatoms. The number of allylic oxidation sites excluding steroid dienone is 1. The summed E-state index contributed by atoms with van der Waals surface area (Å²) in [5, 5.41) is 5.90. The summed E-state index contributed by atoms with van der Waals surface area (Å²) in [7, 11) is -3.85. The van der Waals surface area contributed by atoms with Crippen molar-refractivity contribution in [2.45, 2.75) is 86.8 Å². The molecule has 0 radical (unpaired) electrons. The molecule has 2 saturated carbocycles. The summed E-state index contributed by atoms with van der Waals surface area (Å²) in [4.78, 5) is 48.2. The number of hydrogen-bond donors (Lipinski definition) is 3. The zero-order valence-corrected chi connectivity index (χ0v) is 27.9. The first-order valence-corrected chi connectivity index (χ1v) is 18.9. The SMILES string of the molecule is O=C1N[C@]2(C(=O)NS(=O)(=O)C3CC3)C[C@H]2C=CCCCCC[C@H](Nc2cccc(F)c2)C(=O)N2C[C@H](Oc3nc4ccccc4s3)C[C@@H]12. The van der Waals surface area contributed by atoms with Crippen LogP contribution in [0, 0.1) is 11.7 Å². The third kappa shape index (κ3) is 6.91. The molecule has 3 fully saturated rings. The highest BCUT2D eigenvalue weighted by atomic mass is 32.2. The fraction of sp³-hybridized carbons (Fsp3) is 0.471. The Morgan fingerprint density at radius 3 is 2.71 bits per heavy atom. The number of ether oxygens (including phenoxy) is 1. The lowest BCUT2D eigenvalue weighted by Crippen LogP contribution is -2.57. The summed E-state index contributed by atoms with van der Waals surface area (Å²) in [5.74, 6) is -2.49. The fourth-order valence-electron chi connectivity index (χ4n) is 6.67. The fourth-order valence-corrected chi connectivity index (χ4v) is 8.92. The smallest absolute Gasteiger partial charge is 0.274 e. The van der Waals surface area contributed by atoms with Crippen molar-refractivity contribution in [3.63, 3.8) is 0 Å². The van der Waals surface area contributed by atoms with Crippen molar-refractivity contribution in [2.75, 3.05) is 11.9 Å². The molecular formula is C34H38FN5O6S2. The van der Waals surface area contributed by atoms with Crippen LogP contribution in [0.3, 0.4) is 0 Å². The average molecular weight is 696 g/mol. The monoisotopic (exact) mass is 695 g/mol. The number of aromatic nitrogens is 1. The van der Waals surface area contributed by atoms with Gasteiger partial charge >= 0.3 is 0 Å². The van der Waals surface area contributed by atoms with E-state index in [4.69, 9.17) is 4.74 Å². The molecule has 3 amide bonds. The number of amides is 3. The van der Waals surface area contributed by atoms with Crippen LogP contribution in [-0.4, -0.2) is 71.5 Å². The van der Waals surface area contributed by atoms with Crippen LogP contribution in [0.15, 0.2) is 60.7 Å². The summed E-state index contributed by atoms with van der Waals surface area (Å²) < 4.78 is 49.0. The number of sulfonamides is 1. The van der Waals surface area contributed by atoms with Crippen molar-refractivity contribution in [3.8, 4) is 5.19 Å². The Balaban J connectivity index is 1.18. The van der Waals surface area contributed by atoms with Gasteiger partial charge in [0.2, 0.25) is 21.8 Å². The molecule has 0 bridgehead atoms. The van der Waals surface area contributed by atoms with Crippen molar-refractivity contribution >= 4 is 55.0 Å². The second-order valence-corrected chi connectivity index (χ2v) is 16.1. The van der Waals surface area contributed by atoms with Crippen molar-refractivity contribution < 1.29 is 31.9 Å². The van der Waals surface area contributed by atoms with Crippen LogP contribution in [-0.2, 0) is 24.4 Å². The number of anilines is 1. The van der Waals surface area contributed by atoms with E-state index in [1.807, 2.05) is 36.4 Å². The number of carbonyl (C=O) groups excluding carboxylic acids is 3. The van der Waals surface area contributed by atoms with E-state index in [0.29, 0.717) is 30.1 Å².